The summed E-state index contributed by atoms with van der Waals surface area (Å²) < 4.78 is 60.1. The second kappa shape index (κ2) is 8.27. The van der Waals surface area contributed by atoms with Gasteiger partial charge in [-0.25, -0.2) is 21.8 Å². The molecule has 0 amide bonds. The van der Waals surface area contributed by atoms with Crippen molar-refractivity contribution in [3.63, 3.8) is 0 Å². The first-order valence-electron chi connectivity index (χ1n) is 10.6. The highest BCUT2D eigenvalue weighted by Crippen LogP contribution is 2.26. The highest BCUT2D eigenvalue weighted by molar-refractivity contribution is 7.89. The fraction of sp³-hybridized carbons (Fsp3) is 0.450. The molecule has 0 spiro atoms. The van der Waals surface area contributed by atoms with E-state index in [0.717, 1.165) is 12.8 Å². The third-order valence-corrected chi connectivity index (χ3v) is 9.75. The Labute approximate surface area is 186 Å². The average Bonchev–Trinajstić information content (AvgIpc) is 3.54. The predicted octanol–water partition coefficient (Wildman–Crippen LogP) is 1.45. The van der Waals surface area contributed by atoms with Crippen LogP contribution in [0.1, 0.15) is 18.6 Å². The lowest BCUT2D eigenvalue weighted by atomic mass is 10.3. The summed E-state index contributed by atoms with van der Waals surface area (Å²) in [6, 6.07) is 6.65. The Balaban J connectivity index is 1.23. The van der Waals surface area contributed by atoms with Gasteiger partial charge in [-0.1, -0.05) is 0 Å². The van der Waals surface area contributed by atoms with Gasteiger partial charge in [-0.15, -0.1) is 0 Å². The highest BCUT2D eigenvalue weighted by Gasteiger charge is 2.32. The molecule has 12 heteroatoms. The Kier molecular flexibility index (Phi) is 5.58. The summed E-state index contributed by atoms with van der Waals surface area (Å²) in [5.74, 6) is 0.557. The van der Waals surface area contributed by atoms with Crippen LogP contribution in [0.15, 0.2) is 51.1 Å². The van der Waals surface area contributed by atoms with E-state index in [9.17, 15) is 16.8 Å². The Bertz CT molecular complexity index is 1320. The number of nitrogens with one attached hydrogen (secondary N) is 1. The van der Waals surface area contributed by atoms with E-state index in [-0.39, 0.29) is 9.99 Å². The zero-order valence-electron chi connectivity index (χ0n) is 17.5. The number of rotatable bonds is 6. The number of fused-ring (bicyclic) bond motifs is 1. The molecule has 3 aromatic heterocycles. The molecule has 172 valence electrons. The predicted molar refractivity (Wildman–Crippen MR) is 117 cm³/mol. The molecule has 0 saturated carbocycles. The molecular weight excluding hydrogens is 454 g/mol. The summed E-state index contributed by atoms with van der Waals surface area (Å²) in [7, 11) is -7.22. The molecule has 1 N–H and O–H groups in total. The highest BCUT2D eigenvalue weighted by atomic mass is 32.2. The van der Waals surface area contributed by atoms with Crippen LogP contribution in [0, 0.1) is 0 Å². The molecule has 0 radical (unpaired) electrons. The normalized spacial score (nSPS) is 19.8. The second-order valence-corrected chi connectivity index (χ2v) is 11.8. The number of H-pyrrole nitrogens is 1. The van der Waals surface area contributed by atoms with Gasteiger partial charge in [0, 0.05) is 57.0 Å². The monoisotopic (exact) mass is 479 g/mol. The smallest absolute Gasteiger partial charge is 0.276 e. The van der Waals surface area contributed by atoms with Crippen LogP contribution in [-0.4, -0.2) is 79.6 Å². The Hall–Kier alpha value is -2.25. The molecule has 2 fully saturated rings. The summed E-state index contributed by atoms with van der Waals surface area (Å²) in [4.78, 5) is 9.37. The van der Waals surface area contributed by atoms with E-state index in [1.54, 1.807) is 24.4 Å². The Morgan fingerprint density at radius 3 is 2.38 bits per heavy atom. The van der Waals surface area contributed by atoms with Crippen molar-refractivity contribution in [1.29, 1.82) is 0 Å². The average molecular weight is 480 g/mol. The van der Waals surface area contributed by atoms with Gasteiger partial charge in [0.25, 0.3) is 10.0 Å². The minimum Gasteiger partial charge on any atom is -0.447 e. The number of furan rings is 1. The second-order valence-electron chi connectivity index (χ2n) is 8.06. The number of pyridine rings is 1. The topological polar surface area (TPSA) is 120 Å². The van der Waals surface area contributed by atoms with Gasteiger partial charge in [0.05, 0.1) is 6.54 Å². The molecule has 32 heavy (non-hydrogen) atoms. The molecule has 3 aromatic rings. The van der Waals surface area contributed by atoms with Gasteiger partial charge < -0.3 is 9.40 Å². The fourth-order valence-electron chi connectivity index (χ4n) is 4.27. The lowest BCUT2D eigenvalue weighted by molar-refractivity contribution is 0.168. The lowest BCUT2D eigenvalue weighted by Crippen LogP contribution is -2.48. The molecule has 0 aromatic carbocycles. The Morgan fingerprint density at radius 1 is 0.906 bits per heavy atom. The number of piperazine rings is 1. The van der Waals surface area contributed by atoms with Crippen molar-refractivity contribution < 1.29 is 21.3 Å². The first-order chi connectivity index (χ1) is 15.4. The molecule has 5 rings (SSSR count). The van der Waals surface area contributed by atoms with E-state index in [1.165, 1.54) is 20.9 Å². The molecule has 5 heterocycles. The first kappa shape index (κ1) is 21.6. The molecule has 10 nitrogen and oxygen atoms in total. The van der Waals surface area contributed by atoms with Crippen LogP contribution in [0.5, 0.6) is 0 Å². The van der Waals surface area contributed by atoms with Crippen LogP contribution in [0.3, 0.4) is 0 Å². The zero-order valence-corrected chi connectivity index (χ0v) is 19.1. The number of nitrogens with zero attached hydrogens (tertiary/aromatic N) is 4. The summed E-state index contributed by atoms with van der Waals surface area (Å²) >= 11 is 0. The van der Waals surface area contributed by atoms with Crippen LogP contribution in [0.4, 0.5) is 0 Å². The van der Waals surface area contributed by atoms with Crippen LogP contribution >= 0.6 is 0 Å². The standard InChI is InChI=1S/C20H25N5O5S2/c26-31(27,18-14-22-20-17(18)4-3-7-21-20)25-12-10-23(11-13-25)15-16-5-6-19(30-16)32(28,29)24-8-1-2-9-24/h3-7,14H,1-2,8-13,15H2,(H,21,22). The molecule has 0 bridgehead atoms. The van der Waals surface area contributed by atoms with Gasteiger partial charge in [0.1, 0.15) is 16.3 Å². The van der Waals surface area contributed by atoms with Crippen molar-refractivity contribution in [3.05, 3.63) is 42.4 Å². The Morgan fingerprint density at radius 2 is 1.62 bits per heavy atom. The minimum absolute atomic E-state index is 0.0245. The van der Waals surface area contributed by atoms with E-state index in [0.29, 0.717) is 62.6 Å². The zero-order chi connectivity index (χ0) is 22.3. The maximum Gasteiger partial charge on any atom is 0.276 e. The molecule has 0 atom stereocenters. The molecular formula is C20H25N5O5S2. The number of hydrogen-bond donors (Lipinski definition) is 1. The van der Waals surface area contributed by atoms with Crippen LogP contribution in [0.25, 0.3) is 11.0 Å². The quantitative estimate of drug-likeness (QED) is 0.568. The summed E-state index contributed by atoms with van der Waals surface area (Å²) in [5.41, 5.74) is 0.544. The van der Waals surface area contributed by atoms with Gasteiger partial charge >= 0.3 is 0 Å². The van der Waals surface area contributed by atoms with Crippen molar-refractivity contribution in [2.45, 2.75) is 29.4 Å². The van der Waals surface area contributed by atoms with Crippen LogP contribution < -0.4 is 0 Å². The molecule has 2 aliphatic rings. The van der Waals surface area contributed by atoms with Crippen molar-refractivity contribution in [1.82, 2.24) is 23.5 Å². The van der Waals surface area contributed by atoms with E-state index in [2.05, 4.69) is 14.9 Å². The first-order valence-corrected chi connectivity index (χ1v) is 13.5. The van der Waals surface area contributed by atoms with Gasteiger partial charge in [0.2, 0.25) is 15.1 Å². The van der Waals surface area contributed by atoms with Gasteiger partial charge in [0.15, 0.2) is 0 Å². The van der Waals surface area contributed by atoms with E-state index >= 15 is 0 Å². The van der Waals surface area contributed by atoms with Gasteiger partial charge in [-0.2, -0.15) is 8.61 Å². The molecule has 0 unspecified atom stereocenters. The number of aromatic amines is 1. The summed E-state index contributed by atoms with van der Waals surface area (Å²) in [6.07, 6.45) is 4.85. The summed E-state index contributed by atoms with van der Waals surface area (Å²) in [6.45, 7) is 3.22. The lowest BCUT2D eigenvalue weighted by Gasteiger charge is -2.33. The van der Waals surface area contributed by atoms with Crippen molar-refractivity contribution in [2.75, 3.05) is 39.3 Å². The van der Waals surface area contributed by atoms with Crippen LogP contribution in [-0.2, 0) is 26.6 Å². The van der Waals surface area contributed by atoms with Gasteiger partial charge in [-0.3, -0.25) is 4.90 Å². The number of aromatic nitrogens is 2. The van der Waals surface area contributed by atoms with Crippen molar-refractivity contribution in [2.24, 2.45) is 0 Å². The fourth-order valence-corrected chi connectivity index (χ4v) is 7.29. The minimum atomic E-state index is -3.64. The summed E-state index contributed by atoms with van der Waals surface area (Å²) in [5, 5.41) is 0.556. The van der Waals surface area contributed by atoms with Crippen molar-refractivity contribution >= 4 is 31.1 Å². The number of sulfonamides is 2. The number of hydrogen-bond acceptors (Lipinski definition) is 7. The van der Waals surface area contributed by atoms with E-state index in [4.69, 9.17) is 4.42 Å². The van der Waals surface area contributed by atoms with Crippen molar-refractivity contribution in [3.8, 4) is 0 Å². The largest absolute Gasteiger partial charge is 0.447 e. The van der Waals surface area contributed by atoms with E-state index in [1.807, 2.05) is 0 Å². The van der Waals surface area contributed by atoms with E-state index < -0.39 is 20.0 Å². The molecule has 0 aliphatic carbocycles. The SMILES string of the molecule is O=S(=O)(c1ccc(CN2CCN(S(=O)(=O)c3c[nH]c4ncccc34)CC2)o1)N1CCCC1. The third kappa shape index (κ3) is 3.86. The van der Waals surface area contributed by atoms with Gasteiger partial charge in [-0.05, 0) is 37.1 Å². The third-order valence-electron chi connectivity index (χ3n) is 6.04. The maximum absolute atomic E-state index is 13.1. The van der Waals surface area contributed by atoms with Crippen LogP contribution in [0.2, 0.25) is 0 Å². The molecule has 2 saturated heterocycles. The molecule has 2 aliphatic heterocycles. The maximum atomic E-state index is 13.1.